The van der Waals surface area contributed by atoms with Crippen LogP contribution in [0.1, 0.15) is 50.9 Å². The lowest BCUT2D eigenvalue weighted by Gasteiger charge is -2.36. The van der Waals surface area contributed by atoms with Crippen molar-refractivity contribution in [3.63, 3.8) is 0 Å². The molecule has 4 heterocycles. The second-order valence-electron chi connectivity index (χ2n) is 10.0. The number of rotatable bonds is 8. The first-order chi connectivity index (χ1) is 18.0. The number of piperidine rings is 1. The zero-order valence-corrected chi connectivity index (χ0v) is 22.9. The summed E-state index contributed by atoms with van der Waals surface area (Å²) in [5.41, 5.74) is 7.18. The number of hydrogen-bond acceptors (Lipinski definition) is 9. The average molecular weight is 539 g/mol. The number of aromatic nitrogens is 3. The Labute approximate surface area is 223 Å². The zero-order valence-electron chi connectivity index (χ0n) is 22.1. The lowest BCUT2D eigenvalue weighted by molar-refractivity contribution is 0.0981. The molecule has 3 aromatic heterocycles. The van der Waals surface area contributed by atoms with E-state index >= 15 is 0 Å². The standard InChI is InChI=1S/C27H34N6O4S/c1-17(2)20-7-6-14-33(16-20)26-21(27(34)32-38(35,36)25-9-5-8-23(28)31-25)11-12-22(30-26)19-10-13-24(29-15-19)37-18(3)4/h5,8-13,15,17-18,20H,6-7,14,16H2,1-4H3,(H2,28,31)(H,32,34). The van der Waals surface area contributed by atoms with Crippen molar-refractivity contribution in [3.05, 3.63) is 54.2 Å². The summed E-state index contributed by atoms with van der Waals surface area (Å²) in [4.78, 5) is 28.5. The molecule has 3 N–H and O–H groups in total. The maximum absolute atomic E-state index is 13.3. The largest absolute Gasteiger partial charge is 0.475 e. The molecule has 0 aromatic carbocycles. The van der Waals surface area contributed by atoms with Gasteiger partial charge in [-0.2, -0.15) is 8.42 Å². The molecule has 0 spiro atoms. The van der Waals surface area contributed by atoms with Crippen molar-refractivity contribution in [1.82, 2.24) is 19.7 Å². The molecule has 10 nitrogen and oxygen atoms in total. The highest BCUT2D eigenvalue weighted by molar-refractivity contribution is 7.90. The van der Waals surface area contributed by atoms with Crippen LogP contribution in [0.2, 0.25) is 0 Å². The Hall–Kier alpha value is -3.73. The monoisotopic (exact) mass is 538 g/mol. The number of nitrogens with two attached hydrogens (primary N) is 1. The van der Waals surface area contributed by atoms with Crippen molar-refractivity contribution in [1.29, 1.82) is 0 Å². The van der Waals surface area contributed by atoms with Crippen LogP contribution in [-0.4, -0.2) is 48.5 Å². The molecule has 11 heteroatoms. The van der Waals surface area contributed by atoms with Gasteiger partial charge in [0.2, 0.25) is 5.88 Å². The topological polar surface area (TPSA) is 140 Å². The SMILES string of the molecule is CC(C)Oc1ccc(-c2ccc(C(=O)NS(=O)(=O)c3cccc(N)n3)c(N3CCCC(C(C)C)C3)n2)cn1. The molecule has 1 aliphatic heterocycles. The van der Waals surface area contributed by atoms with E-state index in [9.17, 15) is 13.2 Å². The number of pyridine rings is 3. The number of carbonyl (C=O) groups is 1. The second kappa shape index (κ2) is 11.3. The van der Waals surface area contributed by atoms with E-state index < -0.39 is 15.9 Å². The second-order valence-corrected chi connectivity index (χ2v) is 11.7. The summed E-state index contributed by atoms with van der Waals surface area (Å²) in [5.74, 6) is 1.09. The van der Waals surface area contributed by atoms with Gasteiger partial charge in [-0.3, -0.25) is 4.79 Å². The predicted molar refractivity (Wildman–Crippen MR) is 146 cm³/mol. The number of nitrogen functional groups attached to an aromatic ring is 1. The maximum Gasteiger partial charge on any atom is 0.281 e. The molecular weight excluding hydrogens is 504 g/mol. The van der Waals surface area contributed by atoms with Gasteiger partial charge in [-0.25, -0.2) is 19.7 Å². The van der Waals surface area contributed by atoms with Crippen LogP contribution in [-0.2, 0) is 10.0 Å². The number of carbonyl (C=O) groups excluding carboxylic acids is 1. The highest BCUT2D eigenvalue weighted by Gasteiger charge is 2.29. The van der Waals surface area contributed by atoms with Crippen LogP contribution in [0.5, 0.6) is 5.88 Å². The lowest BCUT2D eigenvalue weighted by atomic mass is 9.88. The van der Waals surface area contributed by atoms with E-state index in [0.717, 1.165) is 24.9 Å². The molecule has 202 valence electrons. The molecule has 38 heavy (non-hydrogen) atoms. The predicted octanol–water partition coefficient (Wildman–Crippen LogP) is 3.90. The van der Waals surface area contributed by atoms with Crippen molar-refractivity contribution in [2.45, 2.75) is 51.7 Å². The molecule has 1 aliphatic rings. The van der Waals surface area contributed by atoms with E-state index in [0.29, 0.717) is 35.8 Å². The number of sulfonamides is 1. The van der Waals surface area contributed by atoms with Crippen LogP contribution < -0.4 is 20.1 Å². The van der Waals surface area contributed by atoms with Crippen LogP contribution in [0.4, 0.5) is 11.6 Å². The van der Waals surface area contributed by atoms with Gasteiger partial charge in [0, 0.05) is 30.9 Å². The fourth-order valence-corrected chi connectivity index (χ4v) is 5.37. The van der Waals surface area contributed by atoms with E-state index in [1.165, 1.54) is 18.2 Å². The average Bonchev–Trinajstić information content (AvgIpc) is 2.88. The van der Waals surface area contributed by atoms with Crippen LogP contribution in [0.3, 0.4) is 0 Å². The van der Waals surface area contributed by atoms with Gasteiger partial charge < -0.3 is 15.4 Å². The Morgan fingerprint density at radius 3 is 2.55 bits per heavy atom. The molecule has 1 saturated heterocycles. The van der Waals surface area contributed by atoms with Crippen LogP contribution in [0, 0.1) is 11.8 Å². The summed E-state index contributed by atoms with van der Waals surface area (Å²) in [6, 6.07) is 11.2. The minimum absolute atomic E-state index is 0.00248. The van der Waals surface area contributed by atoms with E-state index in [2.05, 4.69) is 33.4 Å². The quantitative estimate of drug-likeness (QED) is 0.437. The molecule has 1 amide bonds. The molecule has 0 bridgehead atoms. The van der Waals surface area contributed by atoms with Crippen molar-refractivity contribution in [2.24, 2.45) is 11.8 Å². The third kappa shape index (κ3) is 6.39. The number of anilines is 2. The van der Waals surface area contributed by atoms with Crippen LogP contribution >= 0.6 is 0 Å². The normalized spacial score (nSPS) is 16.1. The fraction of sp³-hybridized carbons (Fsp3) is 0.407. The summed E-state index contributed by atoms with van der Waals surface area (Å²) < 4.78 is 33.5. The van der Waals surface area contributed by atoms with Gasteiger partial charge in [-0.05, 0) is 68.9 Å². The molecule has 0 radical (unpaired) electrons. The van der Waals surface area contributed by atoms with E-state index in [1.807, 2.05) is 19.9 Å². The molecular formula is C27H34N6O4S. The van der Waals surface area contributed by atoms with Crippen LogP contribution in [0.15, 0.2) is 53.7 Å². The maximum atomic E-state index is 13.3. The van der Waals surface area contributed by atoms with Gasteiger partial charge in [-0.1, -0.05) is 19.9 Å². The number of ether oxygens (including phenoxy) is 1. The lowest BCUT2D eigenvalue weighted by Crippen LogP contribution is -2.40. The third-order valence-electron chi connectivity index (χ3n) is 6.46. The van der Waals surface area contributed by atoms with Crippen LogP contribution in [0.25, 0.3) is 11.3 Å². The smallest absolute Gasteiger partial charge is 0.281 e. The first-order valence-corrected chi connectivity index (χ1v) is 14.2. The van der Waals surface area contributed by atoms with Gasteiger partial charge in [0.1, 0.15) is 11.6 Å². The first kappa shape index (κ1) is 27.3. The number of nitrogens with zero attached hydrogens (tertiary/aromatic N) is 4. The summed E-state index contributed by atoms with van der Waals surface area (Å²) in [7, 11) is -4.24. The third-order valence-corrected chi connectivity index (χ3v) is 7.69. The Morgan fingerprint density at radius 1 is 1.11 bits per heavy atom. The van der Waals surface area contributed by atoms with E-state index in [4.69, 9.17) is 15.5 Å². The molecule has 3 aromatic rings. The molecule has 1 atom stereocenters. The first-order valence-electron chi connectivity index (χ1n) is 12.7. The summed E-state index contributed by atoms with van der Waals surface area (Å²) in [5, 5.41) is -0.329. The van der Waals surface area contributed by atoms with Gasteiger partial charge in [0.25, 0.3) is 15.9 Å². The number of hydrogen-bond donors (Lipinski definition) is 2. The Balaban J connectivity index is 1.70. The summed E-state index contributed by atoms with van der Waals surface area (Å²) in [6.07, 6.45) is 3.71. The fourth-order valence-electron chi connectivity index (χ4n) is 4.43. The van der Waals surface area contributed by atoms with Crippen molar-refractivity contribution in [3.8, 4) is 17.1 Å². The van der Waals surface area contributed by atoms with Gasteiger partial charge in [0.05, 0.1) is 17.4 Å². The van der Waals surface area contributed by atoms with Crippen molar-refractivity contribution < 1.29 is 17.9 Å². The molecule has 1 unspecified atom stereocenters. The van der Waals surface area contributed by atoms with E-state index in [1.54, 1.807) is 24.4 Å². The van der Waals surface area contributed by atoms with E-state index in [-0.39, 0.29) is 22.5 Å². The molecule has 1 fully saturated rings. The highest BCUT2D eigenvalue weighted by atomic mass is 32.2. The zero-order chi connectivity index (χ0) is 27.4. The molecule has 0 aliphatic carbocycles. The number of nitrogens with one attached hydrogen (secondary N) is 1. The van der Waals surface area contributed by atoms with Gasteiger partial charge in [-0.15, -0.1) is 0 Å². The number of amides is 1. The Kier molecular flexibility index (Phi) is 8.15. The minimum atomic E-state index is -4.24. The van der Waals surface area contributed by atoms with Crippen molar-refractivity contribution in [2.75, 3.05) is 23.7 Å². The Morgan fingerprint density at radius 2 is 1.89 bits per heavy atom. The van der Waals surface area contributed by atoms with Gasteiger partial charge in [0.15, 0.2) is 5.03 Å². The minimum Gasteiger partial charge on any atom is -0.475 e. The highest BCUT2D eigenvalue weighted by Crippen LogP contribution is 2.31. The van der Waals surface area contributed by atoms with Crippen molar-refractivity contribution >= 4 is 27.6 Å². The summed E-state index contributed by atoms with van der Waals surface area (Å²) >= 11 is 0. The summed E-state index contributed by atoms with van der Waals surface area (Å²) in [6.45, 7) is 9.66. The molecule has 0 saturated carbocycles. The van der Waals surface area contributed by atoms with Gasteiger partial charge >= 0.3 is 0 Å². The Bertz CT molecular complexity index is 1390. The molecule has 4 rings (SSSR count).